The van der Waals surface area contributed by atoms with Crippen LogP contribution >= 0.6 is 27.3 Å². The normalized spacial score (nSPS) is 10.5. The molecule has 2 aromatic rings. The zero-order chi connectivity index (χ0) is 15.4. The van der Waals surface area contributed by atoms with Gasteiger partial charge in [-0.1, -0.05) is 0 Å². The number of benzene rings is 1. The molecule has 0 atom stereocenters. The molecule has 0 radical (unpaired) electrons. The van der Waals surface area contributed by atoms with E-state index in [4.69, 9.17) is 0 Å². The van der Waals surface area contributed by atoms with Crippen LogP contribution in [0.25, 0.3) is 0 Å². The van der Waals surface area contributed by atoms with E-state index in [1.807, 2.05) is 12.1 Å². The smallest absolute Gasteiger partial charge is 0.310 e. The lowest BCUT2D eigenvalue weighted by atomic mass is 10.3. The Bertz CT molecular complexity index is 637. The molecule has 2 rings (SSSR count). The molecule has 0 saturated heterocycles. The number of esters is 1. The van der Waals surface area contributed by atoms with Crippen LogP contribution in [0.1, 0.15) is 9.75 Å². The number of halogens is 3. The summed E-state index contributed by atoms with van der Waals surface area (Å²) in [6, 6.07) is 5.70. The molecular weight excluding hydrogens is 364 g/mol. The first-order chi connectivity index (χ1) is 9.99. The molecule has 0 aliphatic carbocycles. The summed E-state index contributed by atoms with van der Waals surface area (Å²) in [4.78, 5) is 13.0. The predicted octanol–water partition coefficient (Wildman–Crippen LogP) is 4.12. The van der Waals surface area contributed by atoms with Crippen molar-refractivity contribution in [2.75, 3.05) is 12.4 Å². The second kappa shape index (κ2) is 7.00. The lowest BCUT2D eigenvalue weighted by Crippen LogP contribution is -2.02. The Morgan fingerprint density at radius 1 is 1.33 bits per heavy atom. The fourth-order valence-corrected chi connectivity index (χ4v) is 3.20. The monoisotopic (exact) mass is 375 g/mol. The summed E-state index contributed by atoms with van der Waals surface area (Å²) in [5, 5.41) is 2.91. The molecule has 112 valence electrons. The van der Waals surface area contributed by atoms with Crippen molar-refractivity contribution in [2.45, 2.75) is 13.0 Å². The van der Waals surface area contributed by atoms with Gasteiger partial charge in [0.05, 0.1) is 19.2 Å². The minimum atomic E-state index is -0.659. The van der Waals surface area contributed by atoms with Gasteiger partial charge in [-0.2, -0.15) is 0 Å². The largest absolute Gasteiger partial charge is 0.469 e. The van der Waals surface area contributed by atoms with Gasteiger partial charge in [0.15, 0.2) is 0 Å². The van der Waals surface area contributed by atoms with E-state index in [2.05, 4.69) is 26.0 Å². The summed E-state index contributed by atoms with van der Waals surface area (Å²) < 4.78 is 31.6. The molecule has 0 amide bonds. The van der Waals surface area contributed by atoms with Crippen LogP contribution in [0, 0.1) is 11.6 Å². The summed E-state index contributed by atoms with van der Waals surface area (Å²) in [7, 11) is 1.34. The van der Waals surface area contributed by atoms with Gasteiger partial charge in [-0.3, -0.25) is 4.79 Å². The molecule has 21 heavy (non-hydrogen) atoms. The fourth-order valence-electron chi connectivity index (χ4n) is 1.71. The maximum Gasteiger partial charge on any atom is 0.310 e. The number of rotatable bonds is 5. The molecule has 7 heteroatoms. The minimum Gasteiger partial charge on any atom is -0.469 e. The number of carbonyl (C=O) groups is 1. The first kappa shape index (κ1) is 15.9. The number of hydrogen-bond donors (Lipinski definition) is 1. The first-order valence-electron chi connectivity index (χ1n) is 6.02. The van der Waals surface area contributed by atoms with E-state index in [9.17, 15) is 13.6 Å². The molecule has 3 nitrogen and oxygen atoms in total. The van der Waals surface area contributed by atoms with Gasteiger partial charge >= 0.3 is 5.97 Å². The minimum absolute atomic E-state index is 0.208. The molecule has 1 heterocycles. The highest BCUT2D eigenvalue weighted by atomic mass is 79.9. The lowest BCUT2D eigenvalue weighted by Gasteiger charge is -2.08. The van der Waals surface area contributed by atoms with E-state index in [0.29, 0.717) is 11.0 Å². The first-order valence-corrected chi connectivity index (χ1v) is 7.63. The highest BCUT2D eigenvalue weighted by molar-refractivity contribution is 9.10. The number of thiophene rings is 1. The van der Waals surface area contributed by atoms with Crippen molar-refractivity contribution >= 4 is 38.9 Å². The van der Waals surface area contributed by atoms with Crippen molar-refractivity contribution in [3.8, 4) is 0 Å². The number of carbonyl (C=O) groups excluding carboxylic acids is 1. The molecule has 1 aromatic heterocycles. The average molecular weight is 376 g/mol. The highest BCUT2D eigenvalue weighted by Gasteiger charge is 2.10. The molecule has 1 N–H and O–H groups in total. The van der Waals surface area contributed by atoms with E-state index < -0.39 is 11.6 Å². The number of methoxy groups -OCH3 is 1. The van der Waals surface area contributed by atoms with Crippen molar-refractivity contribution in [3.05, 3.63) is 50.1 Å². The third-order valence-corrected chi connectivity index (χ3v) is 4.42. The van der Waals surface area contributed by atoms with Crippen LogP contribution in [0.3, 0.4) is 0 Å². The summed E-state index contributed by atoms with van der Waals surface area (Å²) >= 11 is 4.55. The van der Waals surface area contributed by atoms with Gasteiger partial charge in [0.25, 0.3) is 0 Å². The Morgan fingerprint density at radius 2 is 2.05 bits per heavy atom. The van der Waals surface area contributed by atoms with Gasteiger partial charge in [-0.25, -0.2) is 8.78 Å². The molecule has 1 aromatic carbocycles. The zero-order valence-electron chi connectivity index (χ0n) is 11.1. The Labute approximate surface area is 133 Å². The van der Waals surface area contributed by atoms with Crippen molar-refractivity contribution < 1.29 is 18.3 Å². The lowest BCUT2D eigenvalue weighted by molar-refractivity contribution is -0.139. The standard InChI is InChI=1S/C14H12BrF2NO2S/c1-20-13(19)6-9-2-3-10(21-9)7-18-14-11(15)4-8(16)5-12(14)17/h2-5,18H,6-7H2,1H3. The predicted molar refractivity (Wildman–Crippen MR) is 81.4 cm³/mol. The molecule has 0 aliphatic rings. The summed E-state index contributed by atoms with van der Waals surface area (Å²) in [6.45, 7) is 0.382. The topological polar surface area (TPSA) is 38.3 Å². The second-order valence-electron chi connectivity index (χ2n) is 4.22. The second-order valence-corrected chi connectivity index (χ2v) is 6.33. The summed E-state index contributed by atoms with van der Waals surface area (Å²) in [5.41, 5.74) is 0.208. The van der Waals surface area contributed by atoms with Gasteiger partial charge in [-0.05, 0) is 34.1 Å². The molecular formula is C14H12BrF2NO2S. The average Bonchev–Trinajstić information content (AvgIpc) is 2.85. The zero-order valence-corrected chi connectivity index (χ0v) is 13.5. The SMILES string of the molecule is COC(=O)Cc1ccc(CNc2c(F)cc(F)cc2Br)s1. The van der Waals surface area contributed by atoms with Crippen molar-refractivity contribution in [1.29, 1.82) is 0 Å². The Hall–Kier alpha value is -1.47. The van der Waals surface area contributed by atoms with E-state index in [-0.39, 0.29) is 18.1 Å². The van der Waals surface area contributed by atoms with Crippen LogP contribution in [0.15, 0.2) is 28.7 Å². The van der Waals surface area contributed by atoms with E-state index in [1.165, 1.54) is 24.5 Å². The van der Waals surface area contributed by atoms with Crippen molar-refractivity contribution in [1.82, 2.24) is 0 Å². The molecule has 0 fully saturated rings. The van der Waals surface area contributed by atoms with E-state index >= 15 is 0 Å². The number of ether oxygens (including phenoxy) is 1. The maximum absolute atomic E-state index is 13.6. The molecule has 0 saturated carbocycles. The Morgan fingerprint density at radius 3 is 2.71 bits per heavy atom. The Balaban J connectivity index is 2.02. The maximum atomic E-state index is 13.6. The van der Waals surface area contributed by atoms with Crippen LogP contribution in [0.2, 0.25) is 0 Å². The third kappa shape index (κ3) is 4.25. The van der Waals surface area contributed by atoms with E-state index in [0.717, 1.165) is 15.8 Å². The Kier molecular flexibility index (Phi) is 5.30. The van der Waals surface area contributed by atoms with Crippen LogP contribution < -0.4 is 5.32 Å². The summed E-state index contributed by atoms with van der Waals surface area (Å²) in [5.74, 6) is -1.60. The van der Waals surface area contributed by atoms with E-state index in [1.54, 1.807) is 0 Å². The van der Waals surface area contributed by atoms with Gasteiger partial charge in [0.2, 0.25) is 0 Å². The van der Waals surface area contributed by atoms with Gasteiger partial charge < -0.3 is 10.1 Å². The molecule has 0 bridgehead atoms. The number of anilines is 1. The fraction of sp³-hybridized carbons (Fsp3) is 0.214. The van der Waals surface area contributed by atoms with Gasteiger partial charge in [-0.15, -0.1) is 11.3 Å². The molecule has 0 aliphatic heterocycles. The van der Waals surface area contributed by atoms with Crippen LogP contribution in [0.5, 0.6) is 0 Å². The third-order valence-electron chi connectivity index (χ3n) is 2.71. The highest BCUT2D eigenvalue weighted by Crippen LogP contribution is 2.28. The number of nitrogens with one attached hydrogen (secondary N) is 1. The molecule has 0 unspecified atom stereocenters. The van der Waals surface area contributed by atoms with Crippen LogP contribution in [-0.4, -0.2) is 13.1 Å². The van der Waals surface area contributed by atoms with Crippen molar-refractivity contribution in [2.24, 2.45) is 0 Å². The van der Waals surface area contributed by atoms with Crippen LogP contribution in [0.4, 0.5) is 14.5 Å². The van der Waals surface area contributed by atoms with Gasteiger partial charge in [0, 0.05) is 26.8 Å². The van der Waals surface area contributed by atoms with Crippen LogP contribution in [-0.2, 0) is 22.5 Å². The number of hydrogen-bond acceptors (Lipinski definition) is 4. The quantitative estimate of drug-likeness (QED) is 0.798. The molecule has 0 spiro atoms. The van der Waals surface area contributed by atoms with Crippen molar-refractivity contribution in [3.63, 3.8) is 0 Å². The van der Waals surface area contributed by atoms with Gasteiger partial charge in [0.1, 0.15) is 11.6 Å². The summed E-state index contributed by atoms with van der Waals surface area (Å²) in [6.07, 6.45) is 0.218.